The van der Waals surface area contributed by atoms with Gasteiger partial charge in [-0.15, -0.1) is 0 Å². The van der Waals surface area contributed by atoms with Crippen molar-refractivity contribution < 1.29 is 19.0 Å². The van der Waals surface area contributed by atoms with E-state index in [0.717, 1.165) is 31.6 Å². The summed E-state index contributed by atoms with van der Waals surface area (Å²) >= 11 is 0. The Morgan fingerprint density at radius 3 is 2.23 bits per heavy atom. The smallest absolute Gasteiger partial charge is 0.196 e. The predicted octanol–water partition coefficient (Wildman–Crippen LogP) is 4.39. The first kappa shape index (κ1) is 22.0. The minimum absolute atomic E-state index is 0.117. The molecule has 0 aromatic heterocycles. The molecule has 6 nitrogen and oxygen atoms in total. The molecule has 2 aromatic carbocycles. The lowest BCUT2D eigenvalue weighted by Gasteiger charge is -2.19. The van der Waals surface area contributed by atoms with Gasteiger partial charge in [-0.1, -0.05) is 26.0 Å². The maximum atomic E-state index is 13.2. The third-order valence-electron chi connectivity index (χ3n) is 5.41. The molecule has 0 spiro atoms. The number of benzene rings is 2. The van der Waals surface area contributed by atoms with Crippen LogP contribution in [-0.2, 0) is 0 Å². The Morgan fingerprint density at radius 2 is 1.57 bits per heavy atom. The van der Waals surface area contributed by atoms with Crippen LogP contribution in [0.5, 0.6) is 17.2 Å². The summed E-state index contributed by atoms with van der Waals surface area (Å²) in [5.41, 5.74) is 9.20. The van der Waals surface area contributed by atoms with Crippen LogP contribution in [0.3, 0.4) is 0 Å². The van der Waals surface area contributed by atoms with Crippen LogP contribution in [0, 0.1) is 0 Å². The van der Waals surface area contributed by atoms with Gasteiger partial charge in [0.25, 0.3) is 0 Å². The van der Waals surface area contributed by atoms with Crippen LogP contribution >= 0.6 is 0 Å². The number of carbonyl (C=O) groups excluding carboxylic acids is 1. The molecule has 2 N–H and O–H groups in total. The first-order chi connectivity index (χ1) is 14.6. The average Bonchev–Trinajstić information content (AvgIpc) is 3.06. The first-order valence-electron chi connectivity index (χ1n) is 10.8. The molecule has 0 amide bonds. The van der Waals surface area contributed by atoms with E-state index < -0.39 is 0 Å². The summed E-state index contributed by atoms with van der Waals surface area (Å²) in [6.45, 7) is 12.6. The van der Waals surface area contributed by atoms with Crippen LogP contribution in [0.15, 0.2) is 24.3 Å². The second-order valence-electron chi connectivity index (χ2n) is 7.14. The number of fused-ring (bicyclic) bond motifs is 3. The molecule has 162 valence electrons. The molecule has 2 aromatic rings. The molecule has 1 aliphatic carbocycles. The van der Waals surface area contributed by atoms with Gasteiger partial charge >= 0.3 is 0 Å². The molecular formula is C24H32N2O4. The van der Waals surface area contributed by atoms with E-state index in [-0.39, 0.29) is 5.78 Å². The highest BCUT2D eigenvalue weighted by atomic mass is 16.5. The zero-order valence-corrected chi connectivity index (χ0v) is 18.4. The Balaban J connectivity index is 1.97. The minimum Gasteiger partial charge on any atom is -0.493 e. The zero-order chi connectivity index (χ0) is 21.7. The Kier molecular flexibility index (Phi) is 7.21. The maximum Gasteiger partial charge on any atom is 0.196 e. The average molecular weight is 413 g/mol. The molecule has 30 heavy (non-hydrogen) atoms. The predicted molar refractivity (Wildman–Crippen MR) is 120 cm³/mol. The minimum atomic E-state index is -0.117. The molecule has 0 fully saturated rings. The van der Waals surface area contributed by atoms with Crippen molar-refractivity contribution in [2.75, 3.05) is 45.2 Å². The van der Waals surface area contributed by atoms with Crippen LogP contribution in [0.4, 0.5) is 5.69 Å². The Morgan fingerprint density at radius 1 is 0.867 bits per heavy atom. The Hall–Kier alpha value is -2.73. The van der Waals surface area contributed by atoms with E-state index in [9.17, 15) is 4.79 Å². The van der Waals surface area contributed by atoms with Crippen molar-refractivity contribution in [2.24, 2.45) is 0 Å². The summed E-state index contributed by atoms with van der Waals surface area (Å²) in [7, 11) is 0. The molecule has 0 heterocycles. The fourth-order valence-corrected chi connectivity index (χ4v) is 3.92. The van der Waals surface area contributed by atoms with Gasteiger partial charge < -0.3 is 24.8 Å². The molecule has 0 atom stereocenters. The summed E-state index contributed by atoms with van der Waals surface area (Å²) in [5, 5.41) is 0. The monoisotopic (exact) mass is 412 g/mol. The van der Waals surface area contributed by atoms with Crippen molar-refractivity contribution in [2.45, 2.75) is 34.1 Å². The standard InChI is InChI=1S/C24H32N2O4/c1-5-26(6-2)13-10-14-30-17-12-9-11-16-20(17)21-18(28-7-3)15-19(29-8-4)23(25)22(21)24(16)27/h9,11-12,15H,5-8,10,13-14,25H2,1-4H3. The zero-order valence-electron chi connectivity index (χ0n) is 18.4. The highest BCUT2D eigenvalue weighted by molar-refractivity contribution is 6.26. The number of carbonyl (C=O) groups is 1. The molecule has 0 unspecified atom stereocenters. The fraction of sp³-hybridized carbons (Fsp3) is 0.458. The van der Waals surface area contributed by atoms with Crippen LogP contribution in [0.1, 0.15) is 50.0 Å². The SMILES string of the molecule is CCOc1cc(OCC)c2c(c1N)C(=O)c1cccc(OCCCN(CC)CC)c1-2. The van der Waals surface area contributed by atoms with Gasteiger partial charge in [0.05, 0.1) is 31.1 Å². The molecule has 3 rings (SSSR count). The molecule has 0 bridgehead atoms. The number of hydrogen-bond acceptors (Lipinski definition) is 6. The van der Waals surface area contributed by atoms with E-state index in [1.54, 1.807) is 6.07 Å². The first-order valence-corrected chi connectivity index (χ1v) is 10.8. The molecule has 0 saturated carbocycles. The van der Waals surface area contributed by atoms with E-state index in [0.29, 0.717) is 59.4 Å². The highest BCUT2D eigenvalue weighted by Gasteiger charge is 2.36. The van der Waals surface area contributed by atoms with E-state index in [1.807, 2.05) is 32.0 Å². The maximum absolute atomic E-state index is 13.2. The van der Waals surface area contributed by atoms with Crippen molar-refractivity contribution in [1.82, 2.24) is 4.90 Å². The summed E-state index contributed by atoms with van der Waals surface area (Å²) in [6, 6.07) is 7.35. The number of nitrogen functional groups attached to an aromatic ring is 1. The van der Waals surface area contributed by atoms with Gasteiger partial charge in [-0.2, -0.15) is 0 Å². The fourth-order valence-electron chi connectivity index (χ4n) is 3.92. The van der Waals surface area contributed by atoms with Crippen LogP contribution in [0.25, 0.3) is 11.1 Å². The van der Waals surface area contributed by atoms with E-state index in [1.165, 1.54) is 0 Å². The molecule has 6 heteroatoms. The van der Waals surface area contributed by atoms with Crippen molar-refractivity contribution in [3.8, 4) is 28.4 Å². The number of nitrogens with zero attached hydrogens (tertiary/aromatic N) is 1. The van der Waals surface area contributed by atoms with Gasteiger partial charge in [0.15, 0.2) is 5.78 Å². The van der Waals surface area contributed by atoms with E-state index in [4.69, 9.17) is 19.9 Å². The molecule has 0 aliphatic heterocycles. The topological polar surface area (TPSA) is 74.0 Å². The second kappa shape index (κ2) is 9.85. The van der Waals surface area contributed by atoms with E-state index >= 15 is 0 Å². The highest BCUT2D eigenvalue weighted by Crippen LogP contribution is 2.51. The Labute approximate surface area is 178 Å². The van der Waals surface area contributed by atoms with E-state index in [2.05, 4.69) is 18.7 Å². The second-order valence-corrected chi connectivity index (χ2v) is 7.14. The van der Waals surface area contributed by atoms with Crippen LogP contribution in [-0.4, -0.2) is 50.1 Å². The van der Waals surface area contributed by atoms with Crippen molar-refractivity contribution in [3.63, 3.8) is 0 Å². The number of nitrogens with two attached hydrogens (primary N) is 1. The largest absolute Gasteiger partial charge is 0.493 e. The van der Waals surface area contributed by atoms with Gasteiger partial charge in [0.1, 0.15) is 17.2 Å². The van der Waals surface area contributed by atoms with Gasteiger partial charge in [0.2, 0.25) is 0 Å². The summed E-state index contributed by atoms with van der Waals surface area (Å²) in [4.78, 5) is 15.6. The number of rotatable bonds is 11. The van der Waals surface area contributed by atoms with Gasteiger partial charge in [-0.3, -0.25) is 4.79 Å². The summed E-state index contributed by atoms with van der Waals surface area (Å²) in [5.74, 6) is 1.64. The van der Waals surface area contributed by atoms with Crippen molar-refractivity contribution in [1.29, 1.82) is 0 Å². The van der Waals surface area contributed by atoms with Crippen LogP contribution < -0.4 is 19.9 Å². The summed E-state index contributed by atoms with van der Waals surface area (Å²) in [6.07, 6.45) is 0.913. The molecule has 1 aliphatic rings. The van der Waals surface area contributed by atoms with Gasteiger partial charge in [0, 0.05) is 29.3 Å². The summed E-state index contributed by atoms with van der Waals surface area (Å²) < 4.78 is 17.7. The number of anilines is 1. The molecule has 0 saturated heterocycles. The molecule has 0 radical (unpaired) electrons. The van der Waals surface area contributed by atoms with Crippen LogP contribution in [0.2, 0.25) is 0 Å². The van der Waals surface area contributed by atoms with Crippen molar-refractivity contribution >= 4 is 11.5 Å². The van der Waals surface area contributed by atoms with Gasteiger partial charge in [-0.05, 0) is 39.4 Å². The molecular weight excluding hydrogens is 380 g/mol. The van der Waals surface area contributed by atoms with Crippen molar-refractivity contribution in [3.05, 3.63) is 35.4 Å². The third kappa shape index (κ3) is 4.10. The number of ether oxygens (including phenoxy) is 3. The number of ketones is 1. The van der Waals surface area contributed by atoms with Gasteiger partial charge in [-0.25, -0.2) is 0 Å². The quantitative estimate of drug-likeness (QED) is 0.372. The third-order valence-corrected chi connectivity index (χ3v) is 5.41. The lowest BCUT2D eigenvalue weighted by atomic mass is 10.0. The lowest BCUT2D eigenvalue weighted by molar-refractivity contribution is 0.104. The lowest BCUT2D eigenvalue weighted by Crippen LogP contribution is -2.25. The normalized spacial score (nSPS) is 12.1. The Bertz CT molecular complexity index is 907. The number of hydrogen-bond donors (Lipinski definition) is 1.